The van der Waals surface area contributed by atoms with Crippen LogP contribution in [0.3, 0.4) is 0 Å². The molecule has 1 N–H and O–H groups in total. The van der Waals surface area contributed by atoms with Crippen molar-refractivity contribution in [2.45, 2.75) is 6.04 Å². The van der Waals surface area contributed by atoms with Crippen LogP contribution in [0.1, 0.15) is 11.6 Å². The molecule has 0 saturated carbocycles. The summed E-state index contributed by atoms with van der Waals surface area (Å²) >= 11 is 0. The van der Waals surface area contributed by atoms with Crippen molar-refractivity contribution in [1.82, 2.24) is 0 Å². The maximum absolute atomic E-state index is 13.2. The fourth-order valence-electron chi connectivity index (χ4n) is 3.34. The van der Waals surface area contributed by atoms with Gasteiger partial charge in [-0.05, 0) is 36.4 Å². The van der Waals surface area contributed by atoms with Gasteiger partial charge >= 0.3 is 0 Å². The highest BCUT2D eigenvalue weighted by molar-refractivity contribution is 6.11. The van der Waals surface area contributed by atoms with Gasteiger partial charge in [0.25, 0.3) is 5.91 Å². The first-order valence-electron chi connectivity index (χ1n) is 8.83. The minimum absolute atomic E-state index is 0.0686. The molecular weight excluding hydrogens is 336 g/mol. The van der Waals surface area contributed by atoms with E-state index in [1.54, 1.807) is 12.0 Å². The first-order chi connectivity index (χ1) is 13.3. The molecule has 0 spiro atoms. The van der Waals surface area contributed by atoms with Crippen molar-refractivity contribution in [3.8, 4) is 5.75 Å². The van der Waals surface area contributed by atoms with Crippen molar-refractivity contribution < 1.29 is 9.53 Å². The van der Waals surface area contributed by atoms with Crippen molar-refractivity contribution in [3.63, 3.8) is 0 Å². The molecule has 27 heavy (non-hydrogen) atoms. The number of benzene rings is 3. The highest BCUT2D eigenvalue weighted by Gasteiger charge is 2.36. The summed E-state index contributed by atoms with van der Waals surface area (Å²) in [7, 11) is 1.65. The first kappa shape index (κ1) is 16.9. The quantitative estimate of drug-likeness (QED) is 0.715. The minimum Gasteiger partial charge on any atom is -0.496 e. The SMILES string of the molecule is COc1ccccc1C1C=C(Nc2ccccc2)C(=O)N1c1ccccc1. The standard InChI is InChI=1S/C23H20N2O2/c1-27-22-15-9-8-14-19(22)21-16-20(24-17-10-4-2-5-11-17)23(26)25(21)18-12-6-3-7-13-18/h2-16,21,24H,1H3. The molecule has 4 rings (SSSR count). The van der Waals surface area contributed by atoms with E-state index in [4.69, 9.17) is 4.74 Å². The molecule has 134 valence electrons. The molecule has 1 aliphatic rings. The molecule has 0 bridgehead atoms. The lowest BCUT2D eigenvalue weighted by molar-refractivity contribution is -0.114. The van der Waals surface area contributed by atoms with E-state index in [2.05, 4.69) is 5.32 Å². The van der Waals surface area contributed by atoms with Gasteiger partial charge in [0.05, 0.1) is 13.2 Å². The Morgan fingerprint density at radius 2 is 1.48 bits per heavy atom. The van der Waals surface area contributed by atoms with E-state index in [9.17, 15) is 4.79 Å². The van der Waals surface area contributed by atoms with Crippen LogP contribution < -0.4 is 15.0 Å². The number of rotatable bonds is 5. The Hall–Kier alpha value is -3.53. The van der Waals surface area contributed by atoms with Crippen LogP contribution >= 0.6 is 0 Å². The van der Waals surface area contributed by atoms with Gasteiger partial charge in [-0.3, -0.25) is 9.69 Å². The highest BCUT2D eigenvalue weighted by atomic mass is 16.5. The fourth-order valence-corrected chi connectivity index (χ4v) is 3.34. The predicted molar refractivity (Wildman–Crippen MR) is 108 cm³/mol. The van der Waals surface area contributed by atoms with E-state index in [1.807, 2.05) is 91.0 Å². The summed E-state index contributed by atoms with van der Waals surface area (Å²) in [6, 6.07) is 27.0. The number of nitrogens with one attached hydrogen (secondary N) is 1. The lowest BCUT2D eigenvalue weighted by Gasteiger charge is -2.26. The maximum atomic E-state index is 13.2. The maximum Gasteiger partial charge on any atom is 0.275 e. The Bertz CT molecular complexity index is 968. The second-order valence-corrected chi connectivity index (χ2v) is 6.27. The van der Waals surface area contributed by atoms with Crippen LogP contribution in [0.4, 0.5) is 11.4 Å². The molecule has 0 aromatic heterocycles. The Kier molecular flexibility index (Phi) is 4.62. The number of hydrogen-bond donors (Lipinski definition) is 1. The van der Waals surface area contributed by atoms with E-state index in [1.165, 1.54) is 0 Å². The number of para-hydroxylation sites is 3. The zero-order chi connectivity index (χ0) is 18.6. The smallest absolute Gasteiger partial charge is 0.275 e. The second kappa shape index (κ2) is 7.38. The first-order valence-corrected chi connectivity index (χ1v) is 8.83. The normalized spacial score (nSPS) is 16.2. The zero-order valence-electron chi connectivity index (χ0n) is 15.0. The third-order valence-electron chi connectivity index (χ3n) is 4.60. The number of carbonyl (C=O) groups excluding carboxylic acids is 1. The van der Waals surface area contributed by atoms with Crippen LogP contribution in [0.5, 0.6) is 5.75 Å². The van der Waals surface area contributed by atoms with Gasteiger partial charge in [-0.2, -0.15) is 0 Å². The Labute approximate surface area is 158 Å². The number of anilines is 2. The van der Waals surface area contributed by atoms with Gasteiger partial charge in [-0.15, -0.1) is 0 Å². The lowest BCUT2D eigenvalue weighted by Crippen LogP contribution is -2.30. The molecule has 0 saturated heterocycles. The largest absolute Gasteiger partial charge is 0.496 e. The summed E-state index contributed by atoms with van der Waals surface area (Å²) in [6.07, 6.45) is 1.96. The van der Waals surface area contributed by atoms with E-state index in [0.717, 1.165) is 22.7 Å². The monoisotopic (exact) mass is 356 g/mol. The molecule has 0 fully saturated rings. The van der Waals surface area contributed by atoms with E-state index in [-0.39, 0.29) is 11.9 Å². The number of ether oxygens (including phenoxy) is 1. The Morgan fingerprint density at radius 1 is 0.852 bits per heavy atom. The summed E-state index contributed by atoms with van der Waals surface area (Å²) in [6.45, 7) is 0. The molecule has 1 atom stereocenters. The van der Waals surface area contributed by atoms with Gasteiger partial charge in [0, 0.05) is 16.9 Å². The predicted octanol–water partition coefficient (Wildman–Crippen LogP) is 4.78. The van der Waals surface area contributed by atoms with E-state index in [0.29, 0.717) is 5.70 Å². The van der Waals surface area contributed by atoms with E-state index < -0.39 is 0 Å². The second-order valence-electron chi connectivity index (χ2n) is 6.27. The third kappa shape index (κ3) is 3.29. The van der Waals surface area contributed by atoms with Crippen LogP contribution in [0, 0.1) is 0 Å². The van der Waals surface area contributed by atoms with Crippen molar-refractivity contribution in [3.05, 3.63) is 102 Å². The van der Waals surface area contributed by atoms with E-state index >= 15 is 0 Å². The number of nitrogens with zero attached hydrogens (tertiary/aromatic N) is 1. The van der Waals surface area contributed by atoms with Gasteiger partial charge in [-0.25, -0.2) is 0 Å². The average Bonchev–Trinajstić information content (AvgIpc) is 3.05. The molecule has 1 aliphatic heterocycles. The van der Waals surface area contributed by atoms with Crippen molar-refractivity contribution in [1.29, 1.82) is 0 Å². The third-order valence-corrected chi connectivity index (χ3v) is 4.60. The summed E-state index contributed by atoms with van der Waals surface area (Å²) in [5.74, 6) is 0.689. The Balaban J connectivity index is 1.77. The average molecular weight is 356 g/mol. The van der Waals surface area contributed by atoms with Crippen LogP contribution in [-0.2, 0) is 4.79 Å². The number of carbonyl (C=O) groups is 1. The molecular formula is C23H20N2O2. The summed E-state index contributed by atoms with van der Waals surface area (Å²) in [4.78, 5) is 15.0. The van der Waals surface area contributed by atoms with Gasteiger partial charge in [-0.1, -0.05) is 54.6 Å². The molecule has 0 radical (unpaired) electrons. The van der Waals surface area contributed by atoms with Gasteiger partial charge in [0.1, 0.15) is 11.4 Å². The molecule has 4 heteroatoms. The molecule has 0 aliphatic carbocycles. The molecule has 3 aromatic rings. The number of methoxy groups -OCH3 is 1. The molecule has 1 unspecified atom stereocenters. The molecule has 4 nitrogen and oxygen atoms in total. The number of amides is 1. The van der Waals surface area contributed by atoms with Gasteiger partial charge in [0.15, 0.2) is 0 Å². The molecule has 1 heterocycles. The lowest BCUT2D eigenvalue weighted by atomic mass is 10.0. The van der Waals surface area contributed by atoms with Crippen molar-refractivity contribution >= 4 is 17.3 Å². The summed E-state index contributed by atoms with van der Waals surface area (Å²) in [5.41, 5.74) is 3.23. The van der Waals surface area contributed by atoms with Gasteiger partial charge < -0.3 is 10.1 Å². The van der Waals surface area contributed by atoms with Gasteiger partial charge in [0.2, 0.25) is 0 Å². The minimum atomic E-state index is -0.248. The van der Waals surface area contributed by atoms with Crippen molar-refractivity contribution in [2.24, 2.45) is 0 Å². The Morgan fingerprint density at radius 3 is 2.19 bits per heavy atom. The zero-order valence-corrected chi connectivity index (χ0v) is 15.0. The van der Waals surface area contributed by atoms with Crippen molar-refractivity contribution in [2.75, 3.05) is 17.3 Å². The molecule has 1 amide bonds. The highest BCUT2D eigenvalue weighted by Crippen LogP contribution is 2.39. The van der Waals surface area contributed by atoms with Crippen LogP contribution in [0.2, 0.25) is 0 Å². The fraction of sp³-hybridized carbons (Fsp3) is 0.0870. The number of hydrogen-bond acceptors (Lipinski definition) is 3. The summed E-state index contributed by atoms with van der Waals surface area (Å²) < 4.78 is 5.54. The van der Waals surface area contributed by atoms with Crippen LogP contribution in [-0.4, -0.2) is 13.0 Å². The topological polar surface area (TPSA) is 41.6 Å². The van der Waals surface area contributed by atoms with Crippen LogP contribution in [0.15, 0.2) is 96.7 Å². The summed E-state index contributed by atoms with van der Waals surface area (Å²) in [5, 5.41) is 3.26. The van der Waals surface area contributed by atoms with Crippen LogP contribution in [0.25, 0.3) is 0 Å². The molecule has 3 aromatic carbocycles.